The minimum absolute atomic E-state index is 0.0576. The molecule has 0 spiro atoms. The Morgan fingerprint density at radius 2 is 2.05 bits per heavy atom. The zero-order valence-electron chi connectivity index (χ0n) is 10.6. The molecular weight excluding hydrogens is 270 g/mol. The second-order valence-corrected chi connectivity index (χ2v) is 4.48. The van der Waals surface area contributed by atoms with Gasteiger partial charge >= 0.3 is 5.97 Å². The van der Waals surface area contributed by atoms with Crippen molar-refractivity contribution in [2.24, 2.45) is 5.92 Å². The van der Waals surface area contributed by atoms with E-state index in [0.29, 0.717) is 0 Å². The highest BCUT2D eigenvalue weighted by atomic mass is 19.1. The van der Waals surface area contributed by atoms with Gasteiger partial charge in [-0.15, -0.1) is 5.10 Å². The predicted molar refractivity (Wildman–Crippen MR) is 64.6 cm³/mol. The maximum absolute atomic E-state index is 13.7. The van der Waals surface area contributed by atoms with Crippen molar-refractivity contribution in [1.29, 1.82) is 0 Å². The number of rotatable bonds is 5. The normalized spacial score (nSPS) is 12.3. The van der Waals surface area contributed by atoms with Gasteiger partial charge in [-0.05, 0) is 28.5 Å². The molecular formula is C12H12F2N4O2. The molecule has 1 atom stereocenters. The highest BCUT2D eigenvalue weighted by molar-refractivity contribution is 5.67. The average molecular weight is 282 g/mol. The third-order valence-electron chi connectivity index (χ3n) is 2.73. The van der Waals surface area contributed by atoms with E-state index in [4.69, 9.17) is 5.11 Å². The lowest BCUT2D eigenvalue weighted by molar-refractivity contribution is -0.138. The van der Waals surface area contributed by atoms with Gasteiger partial charge in [-0.1, -0.05) is 13.0 Å². The van der Waals surface area contributed by atoms with E-state index in [0.717, 1.165) is 12.1 Å². The molecule has 6 nitrogen and oxygen atoms in total. The first-order chi connectivity index (χ1) is 9.49. The van der Waals surface area contributed by atoms with E-state index >= 15 is 0 Å². The van der Waals surface area contributed by atoms with Crippen molar-refractivity contribution in [2.75, 3.05) is 0 Å². The molecule has 2 rings (SSSR count). The SMILES string of the molecule is CC(CC(=O)O)Cn1nnnc1-c1c(F)cccc1F. The number of tetrazole rings is 1. The van der Waals surface area contributed by atoms with Crippen LogP contribution in [-0.2, 0) is 11.3 Å². The van der Waals surface area contributed by atoms with Crippen LogP contribution in [-0.4, -0.2) is 31.3 Å². The molecule has 8 heteroatoms. The molecule has 0 saturated carbocycles. The third-order valence-corrected chi connectivity index (χ3v) is 2.73. The van der Waals surface area contributed by atoms with Crippen LogP contribution in [0.4, 0.5) is 8.78 Å². The molecule has 0 bridgehead atoms. The van der Waals surface area contributed by atoms with E-state index in [9.17, 15) is 13.6 Å². The van der Waals surface area contributed by atoms with Crippen LogP contribution >= 0.6 is 0 Å². The average Bonchev–Trinajstić information content (AvgIpc) is 2.76. The van der Waals surface area contributed by atoms with Gasteiger partial charge in [-0.25, -0.2) is 13.5 Å². The number of hydrogen-bond donors (Lipinski definition) is 1. The zero-order chi connectivity index (χ0) is 14.7. The first-order valence-corrected chi connectivity index (χ1v) is 5.91. The summed E-state index contributed by atoms with van der Waals surface area (Å²) < 4.78 is 28.6. The number of nitrogens with zero attached hydrogens (tertiary/aromatic N) is 4. The topological polar surface area (TPSA) is 80.9 Å². The van der Waals surface area contributed by atoms with Gasteiger partial charge in [-0.3, -0.25) is 4.79 Å². The quantitative estimate of drug-likeness (QED) is 0.903. The Kier molecular flexibility index (Phi) is 4.02. The molecule has 0 amide bonds. The molecule has 1 aromatic heterocycles. The lowest BCUT2D eigenvalue weighted by Crippen LogP contribution is -2.14. The summed E-state index contributed by atoms with van der Waals surface area (Å²) in [5, 5.41) is 19.4. The Bertz CT molecular complexity index is 609. The van der Waals surface area contributed by atoms with E-state index < -0.39 is 17.6 Å². The van der Waals surface area contributed by atoms with Crippen LogP contribution in [0.15, 0.2) is 18.2 Å². The van der Waals surface area contributed by atoms with Gasteiger partial charge in [0.15, 0.2) is 5.82 Å². The number of aromatic nitrogens is 4. The standard InChI is InChI=1S/C12H12F2N4O2/c1-7(5-10(19)20)6-18-12(15-16-17-18)11-8(13)3-2-4-9(11)14/h2-4,7H,5-6H2,1H3,(H,19,20). The predicted octanol–water partition coefficient (Wildman–Crippen LogP) is 1.73. The summed E-state index contributed by atoms with van der Waals surface area (Å²) in [6.45, 7) is 1.85. The molecule has 0 aliphatic carbocycles. The molecule has 2 aromatic rings. The van der Waals surface area contributed by atoms with E-state index in [1.54, 1.807) is 6.92 Å². The summed E-state index contributed by atoms with van der Waals surface area (Å²) in [5.41, 5.74) is -0.319. The van der Waals surface area contributed by atoms with Crippen molar-refractivity contribution in [3.05, 3.63) is 29.8 Å². The summed E-state index contributed by atoms with van der Waals surface area (Å²) in [5.74, 6) is -2.83. The monoisotopic (exact) mass is 282 g/mol. The highest BCUT2D eigenvalue weighted by Gasteiger charge is 2.19. The number of carboxylic acid groups (broad SMARTS) is 1. The van der Waals surface area contributed by atoms with Crippen LogP contribution in [0.3, 0.4) is 0 Å². The second-order valence-electron chi connectivity index (χ2n) is 4.48. The summed E-state index contributed by atoms with van der Waals surface area (Å²) in [6, 6.07) is 3.46. The Labute approximate surface area is 113 Å². The first-order valence-electron chi connectivity index (χ1n) is 5.91. The molecule has 0 fully saturated rings. The Morgan fingerprint density at radius 1 is 1.40 bits per heavy atom. The van der Waals surface area contributed by atoms with Gasteiger partial charge in [0.05, 0.1) is 5.56 Å². The van der Waals surface area contributed by atoms with Gasteiger partial charge in [0.2, 0.25) is 0 Å². The number of carboxylic acids is 1. The van der Waals surface area contributed by atoms with Crippen LogP contribution in [0.5, 0.6) is 0 Å². The van der Waals surface area contributed by atoms with E-state index in [1.807, 2.05) is 0 Å². The zero-order valence-corrected chi connectivity index (χ0v) is 10.6. The Morgan fingerprint density at radius 3 is 2.65 bits per heavy atom. The lowest BCUT2D eigenvalue weighted by atomic mass is 10.1. The fourth-order valence-electron chi connectivity index (χ4n) is 1.88. The molecule has 106 valence electrons. The smallest absolute Gasteiger partial charge is 0.303 e. The second kappa shape index (κ2) is 5.72. The third kappa shape index (κ3) is 2.95. The highest BCUT2D eigenvalue weighted by Crippen LogP contribution is 2.24. The summed E-state index contributed by atoms with van der Waals surface area (Å²) in [6.07, 6.45) is -0.0843. The maximum Gasteiger partial charge on any atom is 0.303 e. The summed E-state index contributed by atoms with van der Waals surface area (Å²) in [7, 11) is 0. The number of aliphatic carboxylic acids is 1. The molecule has 0 saturated heterocycles. The van der Waals surface area contributed by atoms with Crippen molar-refractivity contribution >= 4 is 5.97 Å². The van der Waals surface area contributed by atoms with Gasteiger partial charge in [0.1, 0.15) is 11.6 Å². The molecule has 20 heavy (non-hydrogen) atoms. The Hall–Kier alpha value is -2.38. The van der Waals surface area contributed by atoms with Crippen molar-refractivity contribution in [1.82, 2.24) is 20.2 Å². The largest absolute Gasteiger partial charge is 0.481 e. The fraction of sp³-hybridized carbons (Fsp3) is 0.333. The molecule has 0 radical (unpaired) electrons. The molecule has 1 aromatic carbocycles. The first kappa shape index (κ1) is 14.0. The van der Waals surface area contributed by atoms with Crippen LogP contribution in [0.2, 0.25) is 0 Å². The van der Waals surface area contributed by atoms with Crippen LogP contribution in [0.25, 0.3) is 11.4 Å². The van der Waals surface area contributed by atoms with Crippen molar-refractivity contribution in [2.45, 2.75) is 19.9 Å². The summed E-state index contributed by atoms with van der Waals surface area (Å²) >= 11 is 0. The Balaban J connectivity index is 2.31. The molecule has 1 heterocycles. The van der Waals surface area contributed by atoms with Crippen molar-refractivity contribution in [3.63, 3.8) is 0 Å². The lowest BCUT2D eigenvalue weighted by Gasteiger charge is -2.10. The maximum atomic E-state index is 13.7. The van der Waals surface area contributed by atoms with Crippen molar-refractivity contribution in [3.8, 4) is 11.4 Å². The van der Waals surface area contributed by atoms with Gasteiger partial charge in [0, 0.05) is 13.0 Å². The van der Waals surface area contributed by atoms with Gasteiger partial charge < -0.3 is 5.11 Å². The summed E-state index contributed by atoms with van der Waals surface area (Å²) in [4.78, 5) is 10.6. The van der Waals surface area contributed by atoms with Crippen molar-refractivity contribution < 1.29 is 18.7 Å². The van der Waals surface area contributed by atoms with Gasteiger partial charge in [-0.2, -0.15) is 0 Å². The number of halogens is 2. The molecule has 1 unspecified atom stereocenters. The van der Waals surface area contributed by atoms with E-state index in [1.165, 1.54) is 10.7 Å². The fourth-order valence-corrected chi connectivity index (χ4v) is 1.88. The molecule has 1 N–H and O–H groups in total. The number of benzene rings is 1. The molecule has 0 aliphatic heterocycles. The van der Waals surface area contributed by atoms with Gasteiger partial charge in [0.25, 0.3) is 0 Å². The van der Waals surface area contributed by atoms with E-state index in [2.05, 4.69) is 15.5 Å². The van der Waals surface area contributed by atoms with Crippen LogP contribution in [0.1, 0.15) is 13.3 Å². The van der Waals surface area contributed by atoms with Crippen LogP contribution < -0.4 is 0 Å². The number of carbonyl (C=O) groups is 1. The minimum atomic E-state index is -0.954. The van der Waals surface area contributed by atoms with Crippen LogP contribution in [0, 0.1) is 17.6 Å². The minimum Gasteiger partial charge on any atom is -0.481 e. The van der Waals surface area contributed by atoms with E-state index in [-0.39, 0.29) is 30.3 Å². The molecule has 0 aliphatic rings. The number of hydrogen-bond acceptors (Lipinski definition) is 4.